The average molecular weight is 235 g/mol. The number of aliphatic hydroxyl groups is 1. The van der Waals surface area contributed by atoms with Crippen LogP contribution < -0.4 is 0 Å². The molecule has 1 aromatic rings. The lowest BCUT2D eigenvalue weighted by Crippen LogP contribution is -2.48. The van der Waals surface area contributed by atoms with E-state index in [9.17, 15) is 5.26 Å². The number of H-pyrrole nitrogens is 1. The minimum absolute atomic E-state index is 0.197. The third-order valence-corrected chi connectivity index (χ3v) is 3.12. The fourth-order valence-corrected chi connectivity index (χ4v) is 2.15. The van der Waals surface area contributed by atoms with Crippen molar-refractivity contribution in [2.24, 2.45) is 0 Å². The summed E-state index contributed by atoms with van der Waals surface area (Å²) in [5.74, 6) is 0. The van der Waals surface area contributed by atoms with Gasteiger partial charge in [0, 0.05) is 32.7 Å². The zero-order valence-corrected chi connectivity index (χ0v) is 9.71. The molecule has 0 spiro atoms. The SMILES string of the molecule is N#CC(c1cnc[nH]1)N1CCN(CCO)CC1. The first-order valence-electron chi connectivity index (χ1n) is 5.80. The fraction of sp³-hybridized carbons (Fsp3) is 0.636. The lowest BCUT2D eigenvalue weighted by molar-refractivity contribution is 0.0973. The largest absolute Gasteiger partial charge is 0.395 e. The summed E-state index contributed by atoms with van der Waals surface area (Å²) < 4.78 is 0. The molecule has 0 radical (unpaired) electrons. The molecule has 1 aliphatic rings. The van der Waals surface area contributed by atoms with Crippen LogP contribution in [0, 0.1) is 11.3 Å². The van der Waals surface area contributed by atoms with Crippen LogP contribution in [0.3, 0.4) is 0 Å². The van der Waals surface area contributed by atoms with Crippen molar-refractivity contribution in [2.75, 3.05) is 39.3 Å². The Hall–Kier alpha value is -1.42. The van der Waals surface area contributed by atoms with Crippen LogP contribution in [0.4, 0.5) is 0 Å². The molecule has 1 atom stereocenters. The number of aromatic amines is 1. The second kappa shape index (κ2) is 5.77. The molecule has 1 fully saturated rings. The van der Waals surface area contributed by atoms with E-state index < -0.39 is 0 Å². The smallest absolute Gasteiger partial charge is 0.140 e. The van der Waals surface area contributed by atoms with E-state index in [0.29, 0.717) is 0 Å². The first-order valence-corrected chi connectivity index (χ1v) is 5.80. The Morgan fingerprint density at radius 1 is 1.47 bits per heavy atom. The van der Waals surface area contributed by atoms with E-state index in [4.69, 9.17) is 5.11 Å². The van der Waals surface area contributed by atoms with E-state index in [1.807, 2.05) is 0 Å². The van der Waals surface area contributed by atoms with Crippen molar-refractivity contribution in [3.8, 4) is 6.07 Å². The summed E-state index contributed by atoms with van der Waals surface area (Å²) in [7, 11) is 0. The Morgan fingerprint density at radius 3 is 2.76 bits per heavy atom. The first kappa shape index (κ1) is 12.0. The maximum Gasteiger partial charge on any atom is 0.140 e. The summed E-state index contributed by atoms with van der Waals surface area (Å²) in [6, 6.07) is 2.07. The molecule has 0 bridgehead atoms. The Balaban J connectivity index is 1.93. The van der Waals surface area contributed by atoms with Gasteiger partial charge in [-0.15, -0.1) is 0 Å². The van der Waals surface area contributed by atoms with Gasteiger partial charge in [-0.2, -0.15) is 5.26 Å². The molecule has 17 heavy (non-hydrogen) atoms. The molecule has 0 aliphatic carbocycles. The highest BCUT2D eigenvalue weighted by atomic mass is 16.3. The minimum atomic E-state index is -0.242. The summed E-state index contributed by atoms with van der Waals surface area (Å²) in [6.45, 7) is 4.39. The summed E-state index contributed by atoms with van der Waals surface area (Å²) in [6.07, 6.45) is 3.30. The molecule has 1 aromatic heterocycles. The van der Waals surface area contributed by atoms with Gasteiger partial charge in [0.2, 0.25) is 0 Å². The predicted molar refractivity (Wildman–Crippen MR) is 62.0 cm³/mol. The van der Waals surface area contributed by atoms with Crippen LogP contribution >= 0.6 is 0 Å². The first-order chi connectivity index (χ1) is 8.35. The molecule has 6 heteroatoms. The van der Waals surface area contributed by atoms with E-state index in [1.165, 1.54) is 0 Å². The summed E-state index contributed by atoms with van der Waals surface area (Å²) >= 11 is 0. The molecule has 2 heterocycles. The monoisotopic (exact) mass is 235 g/mol. The normalized spacial score (nSPS) is 20.0. The van der Waals surface area contributed by atoms with Gasteiger partial charge in [-0.25, -0.2) is 4.98 Å². The van der Waals surface area contributed by atoms with E-state index in [1.54, 1.807) is 12.5 Å². The van der Waals surface area contributed by atoms with Crippen molar-refractivity contribution in [3.63, 3.8) is 0 Å². The molecule has 1 aliphatic heterocycles. The van der Waals surface area contributed by atoms with Crippen molar-refractivity contribution in [1.82, 2.24) is 19.8 Å². The summed E-state index contributed by atoms with van der Waals surface area (Å²) in [5.41, 5.74) is 0.850. The van der Waals surface area contributed by atoms with Gasteiger partial charge in [0.05, 0.1) is 30.9 Å². The molecule has 1 unspecified atom stereocenters. The van der Waals surface area contributed by atoms with Crippen molar-refractivity contribution in [3.05, 3.63) is 18.2 Å². The van der Waals surface area contributed by atoms with Crippen LogP contribution in [-0.2, 0) is 0 Å². The average Bonchev–Trinajstić information content (AvgIpc) is 2.86. The van der Waals surface area contributed by atoms with Crippen LogP contribution in [0.25, 0.3) is 0 Å². The lowest BCUT2D eigenvalue weighted by atomic mass is 10.2. The molecule has 0 aromatic carbocycles. The lowest BCUT2D eigenvalue weighted by Gasteiger charge is -2.36. The third kappa shape index (κ3) is 2.82. The van der Waals surface area contributed by atoms with E-state index >= 15 is 0 Å². The molecular weight excluding hydrogens is 218 g/mol. The van der Waals surface area contributed by atoms with Crippen LogP contribution in [0.1, 0.15) is 11.7 Å². The van der Waals surface area contributed by atoms with Gasteiger partial charge in [0.1, 0.15) is 6.04 Å². The number of nitriles is 1. The third-order valence-electron chi connectivity index (χ3n) is 3.12. The number of nitrogens with zero attached hydrogens (tertiary/aromatic N) is 4. The minimum Gasteiger partial charge on any atom is -0.395 e. The molecule has 2 rings (SSSR count). The zero-order chi connectivity index (χ0) is 12.1. The number of rotatable bonds is 4. The van der Waals surface area contributed by atoms with Gasteiger partial charge >= 0.3 is 0 Å². The quantitative estimate of drug-likeness (QED) is 0.741. The molecule has 92 valence electrons. The summed E-state index contributed by atoms with van der Waals surface area (Å²) in [5, 5.41) is 18.1. The van der Waals surface area contributed by atoms with E-state index in [0.717, 1.165) is 38.4 Å². The topological polar surface area (TPSA) is 79.2 Å². The van der Waals surface area contributed by atoms with Gasteiger partial charge in [-0.1, -0.05) is 0 Å². The van der Waals surface area contributed by atoms with Crippen LogP contribution in [0.2, 0.25) is 0 Å². The number of nitrogens with one attached hydrogen (secondary N) is 1. The fourth-order valence-electron chi connectivity index (χ4n) is 2.15. The summed E-state index contributed by atoms with van der Waals surface area (Å²) in [4.78, 5) is 11.3. The Morgan fingerprint density at radius 2 is 2.24 bits per heavy atom. The van der Waals surface area contributed by atoms with Gasteiger partial charge in [-0.3, -0.25) is 9.80 Å². The van der Waals surface area contributed by atoms with Crippen molar-refractivity contribution >= 4 is 0 Å². The number of β-amino-alcohol motifs (C(OH)–C–C–N with tert-alkyl or cyclic N) is 1. The molecule has 0 amide bonds. The van der Waals surface area contributed by atoms with Gasteiger partial charge < -0.3 is 10.1 Å². The number of imidazole rings is 1. The standard InChI is InChI=1S/C11H17N5O/c12-7-11(10-8-13-9-14-10)16-3-1-15(2-4-16)5-6-17/h8-9,11,17H,1-6H2,(H,13,14). The van der Waals surface area contributed by atoms with Crippen molar-refractivity contribution < 1.29 is 5.11 Å². The number of aliphatic hydroxyl groups excluding tert-OH is 1. The number of piperazine rings is 1. The highest BCUT2D eigenvalue weighted by Crippen LogP contribution is 2.18. The highest BCUT2D eigenvalue weighted by molar-refractivity contribution is 5.12. The van der Waals surface area contributed by atoms with Crippen molar-refractivity contribution in [1.29, 1.82) is 5.26 Å². The number of aromatic nitrogens is 2. The maximum absolute atomic E-state index is 9.23. The van der Waals surface area contributed by atoms with E-state index in [2.05, 4.69) is 25.8 Å². The number of hydrogen-bond donors (Lipinski definition) is 2. The molecule has 0 saturated carbocycles. The molecule has 6 nitrogen and oxygen atoms in total. The molecular formula is C11H17N5O. The second-order valence-electron chi connectivity index (χ2n) is 4.14. The second-order valence-corrected chi connectivity index (χ2v) is 4.14. The molecule has 2 N–H and O–H groups in total. The zero-order valence-electron chi connectivity index (χ0n) is 9.71. The van der Waals surface area contributed by atoms with Gasteiger partial charge in [0.25, 0.3) is 0 Å². The Kier molecular flexibility index (Phi) is 4.09. The molecule has 1 saturated heterocycles. The maximum atomic E-state index is 9.23. The predicted octanol–water partition coefficient (Wildman–Crippen LogP) is -0.416. The van der Waals surface area contributed by atoms with Gasteiger partial charge in [0.15, 0.2) is 0 Å². The van der Waals surface area contributed by atoms with Gasteiger partial charge in [-0.05, 0) is 0 Å². The highest BCUT2D eigenvalue weighted by Gasteiger charge is 2.25. The van der Waals surface area contributed by atoms with Crippen LogP contribution in [0.15, 0.2) is 12.5 Å². The van der Waals surface area contributed by atoms with Crippen LogP contribution in [-0.4, -0.2) is 64.2 Å². The van der Waals surface area contributed by atoms with Crippen LogP contribution in [0.5, 0.6) is 0 Å². The van der Waals surface area contributed by atoms with E-state index in [-0.39, 0.29) is 12.6 Å². The Bertz CT molecular complexity index is 364. The van der Waals surface area contributed by atoms with Crippen molar-refractivity contribution in [2.45, 2.75) is 6.04 Å². The number of hydrogen-bond acceptors (Lipinski definition) is 5. The Labute approximate surface area is 100 Å².